The van der Waals surface area contributed by atoms with Crippen LogP contribution in [0.4, 0.5) is 0 Å². The molecule has 0 spiro atoms. The minimum absolute atomic E-state index is 0.0646. The first kappa shape index (κ1) is 14.2. The van der Waals surface area contributed by atoms with E-state index in [2.05, 4.69) is 5.32 Å². The maximum absolute atomic E-state index is 12.7. The lowest BCUT2D eigenvalue weighted by atomic mass is 9.54. The van der Waals surface area contributed by atoms with E-state index < -0.39 is 0 Å². The summed E-state index contributed by atoms with van der Waals surface area (Å²) >= 11 is 6.03. The number of rotatable bonds is 2. The molecule has 0 aromatic heterocycles. The Kier molecular flexibility index (Phi) is 3.16. The van der Waals surface area contributed by atoms with Gasteiger partial charge in [0.1, 0.15) is 5.75 Å². The van der Waals surface area contributed by atoms with Crippen LogP contribution in [-0.2, 0) is 11.2 Å². The second-order valence-corrected chi connectivity index (χ2v) is 8.46. The smallest absolute Gasteiger partial charge is 0.261 e. The minimum Gasteiger partial charge on any atom is -0.480 e. The molecule has 1 amide bonds. The van der Waals surface area contributed by atoms with Crippen LogP contribution in [0.15, 0.2) is 18.2 Å². The van der Waals surface area contributed by atoms with E-state index in [0.29, 0.717) is 29.3 Å². The van der Waals surface area contributed by atoms with Gasteiger partial charge in [-0.25, -0.2) is 0 Å². The quantitative estimate of drug-likeness (QED) is 0.899. The number of hydrogen-bond donors (Lipinski definition) is 1. The molecule has 4 saturated carbocycles. The monoisotopic (exact) mass is 331 g/mol. The number of nitrogens with one attached hydrogen (secondary N) is 1. The van der Waals surface area contributed by atoms with Gasteiger partial charge in [-0.15, -0.1) is 0 Å². The molecule has 5 aliphatic rings. The van der Waals surface area contributed by atoms with E-state index in [1.165, 1.54) is 32.1 Å². The molecule has 1 aromatic carbocycles. The highest BCUT2D eigenvalue weighted by Crippen LogP contribution is 2.53. The van der Waals surface area contributed by atoms with Gasteiger partial charge in [0.05, 0.1) is 0 Å². The van der Waals surface area contributed by atoms with E-state index in [1.54, 1.807) is 0 Å². The first-order chi connectivity index (χ1) is 11.2. The van der Waals surface area contributed by atoms with Crippen molar-refractivity contribution in [1.82, 2.24) is 5.32 Å². The van der Waals surface area contributed by atoms with Crippen molar-refractivity contribution in [2.24, 2.45) is 23.7 Å². The van der Waals surface area contributed by atoms with Crippen LogP contribution in [0.1, 0.15) is 37.7 Å². The van der Waals surface area contributed by atoms with E-state index >= 15 is 0 Å². The summed E-state index contributed by atoms with van der Waals surface area (Å²) in [6, 6.07) is 5.98. The molecule has 0 radical (unpaired) electrons. The fourth-order valence-electron chi connectivity index (χ4n) is 5.78. The number of carbonyl (C=O) groups excluding carboxylic acids is 1. The Morgan fingerprint density at radius 3 is 2.48 bits per heavy atom. The zero-order valence-electron chi connectivity index (χ0n) is 13.1. The van der Waals surface area contributed by atoms with Gasteiger partial charge in [0.25, 0.3) is 5.91 Å². The minimum atomic E-state index is -0.388. The molecule has 3 nitrogen and oxygen atoms in total. The lowest BCUT2D eigenvalue weighted by Crippen LogP contribution is -2.57. The Bertz CT molecular complexity index is 631. The average molecular weight is 332 g/mol. The molecular weight excluding hydrogens is 310 g/mol. The van der Waals surface area contributed by atoms with Crippen molar-refractivity contribution >= 4 is 17.5 Å². The third kappa shape index (κ3) is 2.36. The topological polar surface area (TPSA) is 38.3 Å². The van der Waals surface area contributed by atoms with Gasteiger partial charge in [-0.2, -0.15) is 0 Å². The summed E-state index contributed by atoms with van der Waals surface area (Å²) < 4.78 is 5.85. The Balaban J connectivity index is 1.28. The Morgan fingerprint density at radius 1 is 1.09 bits per heavy atom. The molecule has 1 aromatic rings. The number of benzene rings is 1. The van der Waals surface area contributed by atoms with Crippen LogP contribution in [0.25, 0.3) is 0 Å². The van der Waals surface area contributed by atoms with Gasteiger partial charge in [0.2, 0.25) is 0 Å². The van der Waals surface area contributed by atoms with Crippen LogP contribution >= 0.6 is 11.6 Å². The van der Waals surface area contributed by atoms with E-state index in [-0.39, 0.29) is 12.0 Å². The zero-order chi connectivity index (χ0) is 15.6. The number of ether oxygens (including phenoxy) is 1. The summed E-state index contributed by atoms with van der Waals surface area (Å²) in [6.45, 7) is 0. The summed E-state index contributed by atoms with van der Waals surface area (Å²) in [5.41, 5.74) is 1.04. The third-order valence-electron chi connectivity index (χ3n) is 6.53. The van der Waals surface area contributed by atoms with E-state index in [4.69, 9.17) is 16.3 Å². The van der Waals surface area contributed by atoms with Gasteiger partial charge in [-0.05, 0) is 79.5 Å². The molecule has 4 fully saturated rings. The van der Waals surface area contributed by atoms with Crippen LogP contribution in [-0.4, -0.2) is 18.1 Å². The van der Waals surface area contributed by atoms with E-state index in [9.17, 15) is 4.79 Å². The highest BCUT2D eigenvalue weighted by atomic mass is 35.5. The molecule has 1 N–H and O–H groups in total. The van der Waals surface area contributed by atoms with Gasteiger partial charge in [-0.1, -0.05) is 11.6 Å². The summed E-state index contributed by atoms with van der Waals surface area (Å²) in [4.78, 5) is 12.7. The van der Waals surface area contributed by atoms with Gasteiger partial charge < -0.3 is 10.1 Å². The summed E-state index contributed by atoms with van der Waals surface area (Å²) in [7, 11) is 0. The van der Waals surface area contributed by atoms with Gasteiger partial charge in [-0.3, -0.25) is 4.79 Å². The van der Waals surface area contributed by atoms with Crippen molar-refractivity contribution in [2.75, 3.05) is 0 Å². The standard InChI is InChI=1S/C19H22ClNO2/c20-15-1-2-16-12(8-15)9-17(23-16)19(22)21-18-13-4-10-3-11(6-13)7-14(18)5-10/h1-2,8,10-11,13-14,17-18H,3-7,9H2,(H,21,22). The lowest BCUT2D eigenvalue weighted by molar-refractivity contribution is -0.131. The van der Waals surface area contributed by atoms with Crippen molar-refractivity contribution < 1.29 is 9.53 Å². The molecule has 6 rings (SSSR count). The first-order valence-corrected chi connectivity index (χ1v) is 9.29. The maximum atomic E-state index is 12.7. The SMILES string of the molecule is O=C(NC1C2CC3CC(C2)CC1C3)C1Cc2cc(Cl)ccc2O1. The molecule has 1 unspecified atom stereocenters. The van der Waals surface area contributed by atoms with Crippen molar-refractivity contribution in [3.8, 4) is 5.75 Å². The molecule has 0 saturated heterocycles. The van der Waals surface area contributed by atoms with Crippen LogP contribution in [0.5, 0.6) is 5.75 Å². The number of fused-ring (bicyclic) bond motifs is 1. The summed E-state index contributed by atoms with van der Waals surface area (Å²) in [5.74, 6) is 4.14. The Hall–Kier alpha value is -1.22. The molecule has 1 atom stereocenters. The Morgan fingerprint density at radius 2 is 1.78 bits per heavy atom. The van der Waals surface area contributed by atoms with E-state index in [1.807, 2.05) is 18.2 Å². The van der Waals surface area contributed by atoms with Crippen molar-refractivity contribution in [2.45, 2.75) is 50.7 Å². The maximum Gasteiger partial charge on any atom is 0.261 e. The number of amides is 1. The van der Waals surface area contributed by atoms with E-state index in [0.717, 1.165) is 23.1 Å². The fraction of sp³-hybridized carbons (Fsp3) is 0.632. The van der Waals surface area contributed by atoms with Crippen molar-refractivity contribution in [1.29, 1.82) is 0 Å². The second-order valence-electron chi connectivity index (χ2n) is 8.03. The molecule has 1 aliphatic heterocycles. The molecular formula is C19H22ClNO2. The highest BCUT2D eigenvalue weighted by Gasteiger charge is 2.49. The van der Waals surface area contributed by atoms with Gasteiger partial charge in [0, 0.05) is 17.5 Å². The van der Waals surface area contributed by atoms with Crippen LogP contribution in [0.2, 0.25) is 5.02 Å². The normalized spacial score (nSPS) is 39.9. The predicted octanol–water partition coefficient (Wildman–Crippen LogP) is 3.58. The molecule has 23 heavy (non-hydrogen) atoms. The van der Waals surface area contributed by atoms with Crippen LogP contribution in [0.3, 0.4) is 0 Å². The molecule has 4 aliphatic carbocycles. The second kappa shape index (κ2) is 5.14. The molecule has 1 heterocycles. The fourth-order valence-corrected chi connectivity index (χ4v) is 5.98. The third-order valence-corrected chi connectivity index (χ3v) is 6.76. The van der Waals surface area contributed by atoms with Crippen LogP contribution in [0, 0.1) is 23.7 Å². The average Bonchev–Trinajstić information content (AvgIpc) is 2.93. The van der Waals surface area contributed by atoms with Crippen LogP contribution < -0.4 is 10.1 Å². The summed E-state index contributed by atoms with van der Waals surface area (Å²) in [6.07, 6.45) is 6.96. The predicted molar refractivity (Wildman–Crippen MR) is 88.5 cm³/mol. The highest BCUT2D eigenvalue weighted by molar-refractivity contribution is 6.30. The zero-order valence-corrected chi connectivity index (χ0v) is 13.9. The van der Waals surface area contributed by atoms with Gasteiger partial charge in [0.15, 0.2) is 6.10 Å². The summed E-state index contributed by atoms with van der Waals surface area (Å²) in [5, 5.41) is 4.06. The molecule has 4 heteroatoms. The lowest BCUT2D eigenvalue weighted by Gasteiger charge is -2.54. The van der Waals surface area contributed by atoms with Gasteiger partial charge >= 0.3 is 0 Å². The van der Waals surface area contributed by atoms with Crippen molar-refractivity contribution in [3.63, 3.8) is 0 Å². The first-order valence-electron chi connectivity index (χ1n) is 8.91. The number of carbonyl (C=O) groups is 1. The molecule has 4 bridgehead atoms. The number of hydrogen-bond acceptors (Lipinski definition) is 2. The van der Waals surface area contributed by atoms with Crippen molar-refractivity contribution in [3.05, 3.63) is 28.8 Å². The molecule has 122 valence electrons. The Labute approximate surface area is 141 Å². The largest absolute Gasteiger partial charge is 0.480 e. The number of halogens is 1.